The Morgan fingerprint density at radius 3 is 2.47 bits per heavy atom. The number of sulfone groups is 1. The van der Waals surface area contributed by atoms with Gasteiger partial charge in [-0.05, 0) is 68.3 Å². The maximum atomic E-state index is 13.8. The van der Waals surface area contributed by atoms with Gasteiger partial charge in [0.15, 0.2) is 0 Å². The average Bonchev–Trinajstić information content (AvgIpc) is 3.22. The first-order valence-corrected chi connectivity index (χ1v) is 12.9. The third-order valence-electron chi connectivity index (χ3n) is 5.54. The second-order valence-electron chi connectivity index (χ2n) is 8.46. The van der Waals surface area contributed by atoms with Gasteiger partial charge in [0.05, 0.1) is 17.1 Å². The number of aryl methyl sites for hydroxylation is 2. The highest BCUT2D eigenvalue weighted by Crippen LogP contribution is 2.34. The van der Waals surface area contributed by atoms with Crippen LogP contribution in [0.3, 0.4) is 0 Å². The minimum atomic E-state index is -4.13. The van der Waals surface area contributed by atoms with E-state index in [0.29, 0.717) is 16.2 Å². The van der Waals surface area contributed by atoms with E-state index in [0.717, 1.165) is 11.1 Å². The van der Waals surface area contributed by atoms with Crippen molar-refractivity contribution in [3.8, 4) is 0 Å². The number of nitrogens with one attached hydrogen (secondary N) is 3. The number of carbonyl (C=O) groups excluding carboxylic acids is 2. The summed E-state index contributed by atoms with van der Waals surface area (Å²) in [4.78, 5) is 36.5. The van der Waals surface area contributed by atoms with Crippen molar-refractivity contribution in [2.45, 2.75) is 43.1 Å². The summed E-state index contributed by atoms with van der Waals surface area (Å²) in [6, 6.07) is 10.4. The summed E-state index contributed by atoms with van der Waals surface area (Å²) >= 11 is 6.17. The van der Waals surface area contributed by atoms with Crippen LogP contribution < -0.4 is 10.6 Å². The van der Waals surface area contributed by atoms with Crippen molar-refractivity contribution in [1.82, 2.24) is 25.6 Å². The lowest BCUT2D eigenvalue weighted by atomic mass is 10.2. The van der Waals surface area contributed by atoms with Gasteiger partial charge in [-0.3, -0.25) is 9.59 Å². The molecule has 2 amide bonds. The number of aromatic amines is 1. The largest absolute Gasteiger partial charge is 0.349 e. The number of nitrogens with zero attached hydrogens (tertiary/aromatic N) is 2. The molecule has 1 unspecified atom stereocenters. The Balaban J connectivity index is 1.68. The second-order valence-corrected chi connectivity index (χ2v) is 10.8. The molecule has 0 aliphatic heterocycles. The van der Waals surface area contributed by atoms with Gasteiger partial charge in [0.25, 0.3) is 5.91 Å². The normalized spacial score (nSPS) is 12.3. The summed E-state index contributed by atoms with van der Waals surface area (Å²) in [6.07, 6.45) is 2.92. The lowest BCUT2D eigenvalue weighted by molar-refractivity contribution is -0.122. The lowest BCUT2D eigenvalue weighted by Crippen LogP contribution is -2.45. The minimum Gasteiger partial charge on any atom is -0.349 e. The van der Waals surface area contributed by atoms with Crippen molar-refractivity contribution in [3.63, 3.8) is 0 Å². The number of rotatable bonds is 7. The highest BCUT2D eigenvalue weighted by atomic mass is 35.5. The van der Waals surface area contributed by atoms with Crippen LogP contribution in [0, 0.1) is 13.8 Å². The Morgan fingerprint density at radius 1 is 1.08 bits per heavy atom. The quantitative estimate of drug-likeness (QED) is 0.338. The maximum absolute atomic E-state index is 13.8. The van der Waals surface area contributed by atoms with E-state index in [1.807, 2.05) is 6.07 Å². The molecule has 186 valence electrons. The number of hydrogen-bond acceptors (Lipinski definition) is 6. The van der Waals surface area contributed by atoms with Gasteiger partial charge < -0.3 is 15.6 Å². The number of fused-ring (bicyclic) bond motifs is 1. The van der Waals surface area contributed by atoms with Crippen LogP contribution >= 0.6 is 11.6 Å². The van der Waals surface area contributed by atoms with Gasteiger partial charge in [-0.15, -0.1) is 0 Å². The van der Waals surface area contributed by atoms with Gasteiger partial charge in [-0.25, -0.2) is 18.4 Å². The summed E-state index contributed by atoms with van der Waals surface area (Å²) in [7, 11) is -4.13. The fraction of sp³-hybridized carbons (Fsp3) is 0.200. The van der Waals surface area contributed by atoms with E-state index in [2.05, 4.69) is 25.6 Å². The van der Waals surface area contributed by atoms with Crippen LogP contribution in [0.2, 0.25) is 5.02 Å². The molecule has 11 heteroatoms. The van der Waals surface area contributed by atoms with Crippen LogP contribution in [0.15, 0.2) is 64.8 Å². The Morgan fingerprint density at radius 2 is 1.81 bits per heavy atom. The van der Waals surface area contributed by atoms with Gasteiger partial charge in [0, 0.05) is 22.1 Å². The highest BCUT2D eigenvalue weighted by molar-refractivity contribution is 7.91. The Kier molecular flexibility index (Phi) is 7.09. The lowest BCUT2D eigenvalue weighted by Gasteiger charge is -2.14. The molecular formula is C25H24ClN5O4S. The zero-order valence-corrected chi connectivity index (χ0v) is 21.4. The molecule has 36 heavy (non-hydrogen) atoms. The molecule has 2 aromatic carbocycles. The first kappa shape index (κ1) is 25.3. The third kappa shape index (κ3) is 5.24. The standard InChI is InChI=1S/C25H24ClN5O4S/c1-14-8-15(2)10-19(9-14)36(34,35)23-20-11-17(26)4-5-21(20)31-22(23)25(33)30-16(3)24(32)28-12-18-6-7-27-13-29-18/h4-11,13,16,31H,12H2,1-3H3,(H,28,32)(H,30,33). The SMILES string of the molecule is Cc1cc(C)cc(S(=O)(=O)c2c(C(=O)NC(C)C(=O)NCc3ccncn3)[nH]c3ccc(Cl)cc23)c1. The van der Waals surface area contributed by atoms with Gasteiger partial charge in [0.2, 0.25) is 15.7 Å². The summed E-state index contributed by atoms with van der Waals surface area (Å²) in [5.41, 5.74) is 2.39. The van der Waals surface area contributed by atoms with Crippen molar-refractivity contribution < 1.29 is 18.0 Å². The molecule has 0 aliphatic rings. The number of aromatic nitrogens is 3. The fourth-order valence-corrected chi connectivity index (χ4v) is 5.83. The number of halogens is 1. The van der Waals surface area contributed by atoms with Crippen molar-refractivity contribution in [2.75, 3.05) is 0 Å². The van der Waals surface area contributed by atoms with Crippen molar-refractivity contribution >= 4 is 44.2 Å². The van der Waals surface area contributed by atoms with E-state index in [1.54, 1.807) is 50.4 Å². The topological polar surface area (TPSA) is 134 Å². The third-order valence-corrected chi connectivity index (χ3v) is 7.59. The molecule has 9 nitrogen and oxygen atoms in total. The van der Waals surface area contributed by atoms with Crippen LogP contribution in [-0.2, 0) is 21.2 Å². The monoisotopic (exact) mass is 525 g/mol. The molecule has 0 saturated heterocycles. The smallest absolute Gasteiger partial charge is 0.269 e. The van der Waals surface area contributed by atoms with Crippen LogP contribution in [0.4, 0.5) is 0 Å². The van der Waals surface area contributed by atoms with E-state index in [9.17, 15) is 18.0 Å². The zero-order chi connectivity index (χ0) is 26.0. The van der Waals surface area contributed by atoms with Gasteiger partial charge in [-0.1, -0.05) is 17.7 Å². The average molecular weight is 526 g/mol. The fourth-order valence-electron chi connectivity index (χ4n) is 3.87. The molecule has 1 atom stereocenters. The molecule has 0 bridgehead atoms. The van der Waals surface area contributed by atoms with Crippen LogP contribution in [0.5, 0.6) is 0 Å². The van der Waals surface area contributed by atoms with Gasteiger partial charge in [0.1, 0.15) is 23.0 Å². The zero-order valence-electron chi connectivity index (χ0n) is 19.8. The highest BCUT2D eigenvalue weighted by Gasteiger charge is 2.31. The van der Waals surface area contributed by atoms with E-state index in [4.69, 9.17) is 11.6 Å². The van der Waals surface area contributed by atoms with E-state index in [-0.39, 0.29) is 27.4 Å². The Hall–Kier alpha value is -3.76. The first-order valence-electron chi connectivity index (χ1n) is 11.0. The van der Waals surface area contributed by atoms with Crippen molar-refractivity contribution in [1.29, 1.82) is 0 Å². The number of hydrogen-bond donors (Lipinski definition) is 3. The molecule has 0 radical (unpaired) electrons. The summed E-state index contributed by atoms with van der Waals surface area (Å²) < 4.78 is 27.6. The second kappa shape index (κ2) is 10.1. The predicted octanol–water partition coefficient (Wildman–Crippen LogP) is 3.50. The molecule has 0 spiro atoms. The minimum absolute atomic E-state index is 0.0607. The van der Waals surface area contributed by atoms with E-state index in [1.165, 1.54) is 19.3 Å². The van der Waals surface area contributed by atoms with Gasteiger partial charge in [-0.2, -0.15) is 0 Å². The van der Waals surface area contributed by atoms with Crippen molar-refractivity contribution in [3.05, 3.63) is 82.5 Å². The molecule has 3 N–H and O–H groups in total. The molecule has 0 saturated carbocycles. The number of amides is 2. The molecule has 2 heterocycles. The van der Waals surface area contributed by atoms with Crippen LogP contribution in [0.25, 0.3) is 10.9 Å². The molecule has 0 aliphatic carbocycles. The predicted molar refractivity (Wildman–Crippen MR) is 135 cm³/mol. The number of carbonyl (C=O) groups is 2. The summed E-state index contributed by atoms with van der Waals surface area (Å²) in [6.45, 7) is 5.25. The molecule has 4 aromatic rings. The Bertz CT molecular complexity index is 1550. The van der Waals surface area contributed by atoms with Crippen molar-refractivity contribution in [2.24, 2.45) is 0 Å². The number of benzene rings is 2. The molecule has 4 rings (SSSR count). The van der Waals surface area contributed by atoms with Crippen LogP contribution in [0.1, 0.15) is 34.2 Å². The van der Waals surface area contributed by atoms with Gasteiger partial charge >= 0.3 is 0 Å². The molecule has 0 fully saturated rings. The Labute approximate surface area is 213 Å². The maximum Gasteiger partial charge on any atom is 0.269 e. The van der Waals surface area contributed by atoms with Crippen LogP contribution in [-0.4, -0.2) is 41.2 Å². The number of H-pyrrole nitrogens is 1. The summed E-state index contributed by atoms with van der Waals surface area (Å²) in [5, 5.41) is 5.87. The molecular weight excluding hydrogens is 502 g/mol. The summed E-state index contributed by atoms with van der Waals surface area (Å²) in [5.74, 6) is -1.20. The van der Waals surface area contributed by atoms with E-state index < -0.39 is 27.7 Å². The van der Waals surface area contributed by atoms with E-state index >= 15 is 0 Å². The first-order chi connectivity index (χ1) is 17.1. The molecule has 2 aromatic heterocycles.